The number of nitrogens with two attached hydrogens (primary N) is 1. The highest BCUT2D eigenvalue weighted by molar-refractivity contribution is 5.54. The van der Waals surface area contributed by atoms with Crippen molar-refractivity contribution in [1.29, 1.82) is 0 Å². The van der Waals surface area contributed by atoms with Gasteiger partial charge in [-0.3, -0.25) is 0 Å². The van der Waals surface area contributed by atoms with Crippen LogP contribution < -0.4 is 15.2 Å². The average Bonchev–Trinajstić information content (AvgIpc) is 2.11. The van der Waals surface area contributed by atoms with Crippen LogP contribution in [0, 0.1) is 0 Å². The lowest BCUT2D eigenvalue weighted by molar-refractivity contribution is 0.288. The first kappa shape index (κ1) is 9.64. The Morgan fingerprint density at radius 1 is 1.31 bits per heavy atom. The van der Waals surface area contributed by atoms with Gasteiger partial charge in [0.25, 0.3) is 0 Å². The van der Waals surface area contributed by atoms with Crippen molar-refractivity contribution in [1.82, 2.24) is 4.98 Å². The third-order valence-electron chi connectivity index (χ3n) is 1.48. The van der Waals surface area contributed by atoms with Crippen molar-refractivity contribution in [3.05, 3.63) is 12.3 Å². The van der Waals surface area contributed by atoms with Crippen molar-refractivity contribution in [3.63, 3.8) is 0 Å². The van der Waals surface area contributed by atoms with E-state index in [9.17, 15) is 0 Å². The molecular weight excluding hydrogens is 168 g/mol. The van der Waals surface area contributed by atoms with Crippen LogP contribution in [0.3, 0.4) is 0 Å². The Balaban J connectivity index is 2.95. The molecule has 13 heavy (non-hydrogen) atoms. The third kappa shape index (κ3) is 2.24. The van der Waals surface area contributed by atoms with E-state index in [1.165, 1.54) is 0 Å². The van der Waals surface area contributed by atoms with Gasteiger partial charge < -0.3 is 15.2 Å². The smallest absolute Gasteiger partial charge is 0.203 e. The van der Waals surface area contributed by atoms with Gasteiger partial charge in [-0.2, -0.15) is 0 Å². The second-order valence-corrected chi connectivity index (χ2v) is 2.39. The molecule has 1 aromatic heterocycles. The van der Waals surface area contributed by atoms with Gasteiger partial charge in [0.2, 0.25) is 5.75 Å². The number of pyridine rings is 1. The Morgan fingerprint density at radius 3 is 2.62 bits per heavy atom. The topological polar surface area (TPSA) is 57.4 Å². The fraction of sp³-hybridized carbons (Fsp3) is 0.444. The second kappa shape index (κ2) is 4.54. The number of nitrogens with zero attached hydrogens (tertiary/aromatic N) is 1. The average molecular weight is 182 g/mol. The standard InChI is InChI=1S/C9H14N2O2/c1-3-12-7-5-6-11-9(10)8(7)13-4-2/h5-6H,3-4H2,1-2H3,(H2,10,11). The van der Waals surface area contributed by atoms with Crippen LogP contribution in [0.5, 0.6) is 11.5 Å². The van der Waals surface area contributed by atoms with Crippen molar-refractivity contribution in [2.75, 3.05) is 18.9 Å². The normalized spacial score (nSPS) is 9.69. The van der Waals surface area contributed by atoms with Gasteiger partial charge in [-0.1, -0.05) is 0 Å². The van der Waals surface area contributed by atoms with Crippen molar-refractivity contribution in [2.24, 2.45) is 0 Å². The fourth-order valence-electron chi connectivity index (χ4n) is 1.00. The van der Waals surface area contributed by atoms with Crippen molar-refractivity contribution < 1.29 is 9.47 Å². The molecule has 0 atom stereocenters. The van der Waals surface area contributed by atoms with Crippen LogP contribution in [0.4, 0.5) is 5.82 Å². The summed E-state index contributed by atoms with van der Waals surface area (Å²) in [6.45, 7) is 4.94. The van der Waals surface area contributed by atoms with Crippen LogP contribution in [-0.4, -0.2) is 18.2 Å². The first-order chi connectivity index (χ1) is 6.29. The van der Waals surface area contributed by atoms with Crippen LogP contribution >= 0.6 is 0 Å². The van der Waals surface area contributed by atoms with E-state index in [-0.39, 0.29) is 0 Å². The highest BCUT2D eigenvalue weighted by atomic mass is 16.5. The fourth-order valence-corrected chi connectivity index (χ4v) is 1.00. The molecule has 72 valence electrons. The number of hydrogen-bond acceptors (Lipinski definition) is 4. The molecule has 0 aromatic carbocycles. The monoisotopic (exact) mass is 182 g/mol. The Morgan fingerprint density at radius 2 is 2.00 bits per heavy atom. The maximum atomic E-state index is 5.62. The molecule has 0 bridgehead atoms. The maximum Gasteiger partial charge on any atom is 0.203 e. The van der Waals surface area contributed by atoms with Crippen molar-refractivity contribution in [3.8, 4) is 11.5 Å². The summed E-state index contributed by atoms with van der Waals surface area (Å²) >= 11 is 0. The van der Waals surface area contributed by atoms with Crippen LogP contribution in [-0.2, 0) is 0 Å². The zero-order valence-electron chi connectivity index (χ0n) is 7.91. The zero-order chi connectivity index (χ0) is 9.68. The minimum absolute atomic E-state index is 0.368. The van der Waals surface area contributed by atoms with Gasteiger partial charge in [-0.05, 0) is 13.8 Å². The van der Waals surface area contributed by atoms with Gasteiger partial charge in [0.1, 0.15) is 0 Å². The van der Waals surface area contributed by atoms with Crippen LogP contribution in [0.15, 0.2) is 12.3 Å². The summed E-state index contributed by atoms with van der Waals surface area (Å²) in [7, 11) is 0. The molecule has 1 aromatic rings. The minimum atomic E-state index is 0.368. The van der Waals surface area contributed by atoms with E-state index in [4.69, 9.17) is 15.2 Å². The van der Waals surface area contributed by atoms with Crippen molar-refractivity contribution in [2.45, 2.75) is 13.8 Å². The van der Waals surface area contributed by atoms with Gasteiger partial charge >= 0.3 is 0 Å². The molecule has 0 saturated heterocycles. The summed E-state index contributed by atoms with van der Waals surface area (Å²) in [6, 6.07) is 1.74. The molecule has 0 radical (unpaired) electrons. The molecule has 4 nitrogen and oxygen atoms in total. The van der Waals surface area contributed by atoms with Gasteiger partial charge in [0.15, 0.2) is 11.6 Å². The van der Waals surface area contributed by atoms with Crippen LogP contribution in [0.25, 0.3) is 0 Å². The van der Waals surface area contributed by atoms with Gasteiger partial charge in [-0.15, -0.1) is 0 Å². The molecule has 1 heterocycles. The molecule has 0 unspecified atom stereocenters. The molecule has 0 spiro atoms. The molecule has 0 fully saturated rings. The summed E-state index contributed by atoms with van der Waals surface area (Å²) in [5, 5.41) is 0. The van der Waals surface area contributed by atoms with E-state index in [0.717, 1.165) is 0 Å². The highest BCUT2D eigenvalue weighted by Crippen LogP contribution is 2.31. The van der Waals surface area contributed by atoms with Gasteiger partial charge in [0.05, 0.1) is 13.2 Å². The van der Waals surface area contributed by atoms with E-state index in [2.05, 4.69) is 4.98 Å². The van der Waals surface area contributed by atoms with E-state index in [1.54, 1.807) is 12.3 Å². The van der Waals surface area contributed by atoms with Gasteiger partial charge in [-0.25, -0.2) is 4.98 Å². The number of rotatable bonds is 4. The Kier molecular flexibility index (Phi) is 3.37. The Bertz CT molecular complexity index is 276. The number of anilines is 1. The first-order valence-electron chi connectivity index (χ1n) is 4.29. The second-order valence-electron chi connectivity index (χ2n) is 2.39. The molecule has 0 saturated carbocycles. The highest BCUT2D eigenvalue weighted by Gasteiger charge is 2.08. The van der Waals surface area contributed by atoms with E-state index >= 15 is 0 Å². The van der Waals surface area contributed by atoms with Crippen LogP contribution in [0.2, 0.25) is 0 Å². The third-order valence-corrected chi connectivity index (χ3v) is 1.48. The predicted molar refractivity (Wildman–Crippen MR) is 51.0 cm³/mol. The quantitative estimate of drug-likeness (QED) is 0.765. The van der Waals surface area contributed by atoms with Crippen LogP contribution in [0.1, 0.15) is 13.8 Å². The number of ether oxygens (including phenoxy) is 2. The lowest BCUT2D eigenvalue weighted by Gasteiger charge is -2.11. The molecule has 1 rings (SSSR count). The Labute approximate surface area is 77.7 Å². The lowest BCUT2D eigenvalue weighted by Crippen LogP contribution is -2.02. The molecule has 0 amide bonds. The van der Waals surface area contributed by atoms with Gasteiger partial charge in [0, 0.05) is 12.3 Å². The molecule has 4 heteroatoms. The lowest BCUT2D eigenvalue weighted by atomic mass is 10.4. The molecule has 0 aliphatic rings. The van der Waals surface area contributed by atoms with E-state index in [1.807, 2.05) is 13.8 Å². The largest absolute Gasteiger partial charge is 0.490 e. The SMILES string of the molecule is CCOc1ccnc(N)c1OCC. The minimum Gasteiger partial charge on any atom is -0.490 e. The van der Waals surface area contributed by atoms with E-state index < -0.39 is 0 Å². The summed E-state index contributed by atoms with van der Waals surface area (Å²) in [5.74, 6) is 1.55. The predicted octanol–water partition coefficient (Wildman–Crippen LogP) is 1.46. The molecular formula is C9H14N2O2. The molecule has 2 N–H and O–H groups in total. The number of nitrogen functional groups attached to an aromatic ring is 1. The van der Waals surface area contributed by atoms with Crippen molar-refractivity contribution >= 4 is 5.82 Å². The first-order valence-corrected chi connectivity index (χ1v) is 4.29. The summed E-state index contributed by atoms with van der Waals surface area (Å²) in [5.41, 5.74) is 5.62. The molecule has 0 aliphatic heterocycles. The number of hydrogen-bond donors (Lipinski definition) is 1. The summed E-state index contributed by atoms with van der Waals surface area (Å²) < 4.78 is 10.6. The van der Waals surface area contributed by atoms with E-state index in [0.29, 0.717) is 30.5 Å². The molecule has 0 aliphatic carbocycles. The summed E-state index contributed by atoms with van der Waals surface area (Å²) in [6.07, 6.45) is 1.60. The Hall–Kier alpha value is -1.45. The summed E-state index contributed by atoms with van der Waals surface area (Å²) in [4.78, 5) is 3.91. The maximum absolute atomic E-state index is 5.62. The zero-order valence-corrected chi connectivity index (χ0v) is 7.91. The number of aromatic nitrogens is 1.